The highest BCUT2D eigenvalue weighted by atomic mass is 28.3. The second kappa shape index (κ2) is 40.1. The number of nitrogens with zero attached hydrogens (tertiary/aromatic N) is 13. The number of hydrogen-bond acceptors (Lipinski definition) is 18. The van der Waals surface area contributed by atoms with Gasteiger partial charge in [-0.15, -0.1) is 0 Å². The zero-order valence-corrected chi connectivity index (χ0v) is 68.3. The van der Waals surface area contributed by atoms with Gasteiger partial charge in [-0.2, -0.15) is 15.3 Å². The van der Waals surface area contributed by atoms with Crippen LogP contribution in [0.15, 0.2) is 201 Å². The van der Waals surface area contributed by atoms with Crippen LogP contribution in [-0.2, 0) is 50.4 Å². The summed E-state index contributed by atoms with van der Waals surface area (Å²) in [6, 6.07) is 56.2. The van der Waals surface area contributed by atoms with Crippen molar-refractivity contribution in [1.82, 2.24) is 74.5 Å². The molecular formula is C88H107N15O9Si2. The summed E-state index contributed by atoms with van der Waals surface area (Å²) in [5.74, 6) is 4.32. The number of amides is 3. The second-order valence-corrected chi connectivity index (χ2v) is 42.2. The Morgan fingerprint density at radius 3 is 1.18 bits per heavy atom. The number of aromatic nitrogens is 9. The molecule has 3 fully saturated rings. The summed E-state index contributed by atoms with van der Waals surface area (Å²) in [5.41, 5.74) is 8.92. The number of H-pyrrole nitrogens is 1. The first-order valence-corrected chi connectivity index (χ1v) is 46.1. The molecule has 15 rings (SSSR count). The molecule has 0 radical (unpaired) electrons. The summed E-state index contributed by atoms with van der Waals surface area (Å²) < 4.78 is 33.4. The van der Waals surface area contributed by atoms with Gasteiger partial charge >= 0.3 is 0 Å². The van der Waals surface area contributed by atoms with E-state index in [4.69, 9.17) is 23.7 Å². The van der Waals surface area contributed by atoms with Crippen LogP contribution >= 0.6 is 0 Å². The Morgan fingerprint density at radius 1 is 0.430 bits per heavy atom. The molecule has 3 saturated heterocycles. The van der Waals surface area contributed by atoms with E-state index < -0.39 is 16.1 Å². The first kappa shape index (κ1) is 83.8. The Kier molecular flexibility index (Phi) is 29.5. The molecule has 0 bridgehead atoms. The predicted octanol–water partition coefficient (Wildman–Crippen LogP) is 16.0. The highest BCUT2D eigenvalue weighted by Gasteiger charge is 2.22. The number of carbonyl (C=O) groups is 4. The molecule has 0 atom stereocenters. The molecule has 24 nitrogen and oxygen atoms in total. The van der Waals surface area contributed by atoms with Gasteiger partial charge in [-0.05, 0) is 147 Å². The van der Waals surface area contributed by atoms with Crippen molar-refractivity contribution in [2.24, 2.45) is 0 Å². The van der Waals surface area contributed by atoms with Gasteiger partial charge in [0.05, 0.1) is 17.1 Å². The van der Waals surface area contributed by atoms with E-state index in [0.717, 1.165) is 190 Å². The van der Waals surface area contributed by atoms with Crippen molar-refractivity contribution in [2.75, 3.05) is 91.8 Å². The van der Waals surface area contributed by atoms with E-state index in [9.17, 15) is 19.2 Å². The van der Waals surface area contributed by atoms with Gasteiger partial charge < -0.3 is 43.7 Å². The lowest BCUT2D eigenvalue weighted by Gasteiger charge is -2.34. The molecule has 6 aromatic carbocycles. The molecule has 2 N–H and O–H groups in total. The number of aldehydes is 1. The number of aromatic amines is 1. The van der Waals surface area contributed by atoms with Gasteiger partial charge in [0, 0.05) is 219 Å². The molecule has 9 heterocycles. The standard InChI is InChI=1S/C31H39N5O3Si.C25H25N5O2.C25H27N3O3Si.C6H12N2O.CH4/c1-24(37)35-15-13-34(14-16-35)22-25-5-6-27-20-29(9-7-26(27)19-25)39-31-10-8-28(21-32-31)30-11-12-33-36(30)23-38-17-18-40(2,3)4;1-18(31)30-12-10-29(11-13-30)17-19-2-3-21-15-23(6-4-20(21)14-19)32-25-7-5-22(16-26-25)24-8-9-27-28-24;1-32(2,3)13-12-30-18-28-24(10-11-27-28)22-7-9-25(26-16-22)31-23-8-6-20-14-19(17-29)4-5-21(20)15-23;1-6(9)8-4-2-7-3-5-8;/h5-12,19-21H,13-18,22-23H2,1-4H3;2-9,14-16H,10-13,17H2,1H3,(H,27,28);4-11,14-17H,12-13,18H2,1-3H3;7H,2-5H2,1H3;1H4. The zero-order chi connectivity index (χ0) is 79.3. The number of rotatable bonds is 24. The quantitative estimate of drug-likeness (QED) is 0.0324. The lowest BCUT2D eigenvalue weighted by atomic mass is 10.1. The number of carbonyl (C=O) groups excluding carboxylic acids is 4. The normalized spacial score (nSPS) is 14.0. The van der Waals surface area contributed by atoms with E-state index in [-0.39, 0.29) is 25.1 Å². The third kappa shape index (κ3) is 24.7. The van der Waals surface area contributed by atoms with E-state index in [1.54, 1.807) is 57.8 Å². The fraction of sp³-hybridized carbons (Fsp3) is 0.341. The van der Waals surface area contributed by atoms with Crippen molar-refractivity contribution in [3.05, 3.63) is 218 Å². The Hall–Kier alpha value is -11.1. The number of benzene rings is 6. The minimum Gasteiger partial charge on any atom is -0.439 e. The molecule has 3 aliphatic heterocycles. The smallest absolute Gasteiger partial charge is 0.219 e. The molecule has 0 saturated carbocycles. The highest BCUT2D eigenvalue weighted by Crippen LogP contribution is 2.32. The third-order valence-electron chi connectivity index (χ3n) is 19.9. The molecule has 3 amide bonds. The molecule has 596 valence electrons. The monoisotopic (exact) mass is 1570 g/mol. The number of piperazine rings is 3. The summed E-state index contributed by atoms with van der Waals surface area (Å²) >= 11 is 0. The van der Waals surface area contributed by atoms with Crippen LogP contribution in [0.3, 0.4) is 0 Å². The maximum absolute atomic E-state index is 11.6. The van der Waals surface area contributed by atoms with Crippen LogP contribution in [0.1, 0.15) is 49.7 Å². The zero-order valence-electron chi connectivity index (χ0n) is 66.3. The molecule has 0 spiro atoms. The maximum atomic E-state index is 11.6. The van der Waals surface area contributed by atoms with Crippen LogP contribution < -0.4 is 19.5 Å². The molecule has 114 heavy (non-hydrogen) atoms. The number of ether oxygens (including phenoxy) is 5. The lowest BCUT2D eigenvalue weighted by Crippen LogP contribution is -2.47. The van der Waals surface area contributed by atoms with Gasteiger partial charge in [-0.1, -0.05) is 101 Å². The molecule has 3 aliphatic rings. The van der Waals surface area contributed by atoms with E-state index in [2.05, 4.69) is 138 Å². The van der Waals surface area contributed by atoms with E-state index in [0.29, 0.717) is 42.4 Å². The van der Waals surface area contributed by atoms with Gasteiger partial charge in [0.1, 0.15) is 37.0 Å². The van der Waals surface area contributed by atoms with Crippen molar-refractivity contribution >= 4 is 72.5 Å². The lowest BCUT2D eigenvalue weighted by molar-refractivity contribution is -0.131. The van der Waals surface area contributed by atoms with Gasteiger partial charge in [-0.3, -0.25) is 34.1 Å². The number of fused-ring (bicyclic) bond motifs is 3. The average molecular weight is 1580 g/mol. The van der Waals surface area contributed by atoms with Crippen LogP contribution in [0.4, 0.5) is 0 Å². The summed E-state index contributed by atoms with van der Waals surface area (Å²) in [4.78, 5) is 68.6. The Bertz CT molecular complexity index is 5110. The molecular weight excluding hydrogens is 1470 g/mol. The molecule has 6 aromatic heterocycles. The predicted molar refractivity (Wildman–Crippen MR) is 455 cm³/mol. The van der Waals surface area contributed by atoms with E-state index >= 15 is 0 Å². The largest absolute Gasteiger partial charge is 0.439 e. The third-order valence-corrected chi connectivity index (χ3v) is 23.3. The Labute approximate surface area is 670 Å². The summed E-state index contributed by atoms with van der Waals surface area (Å²) in [7, 11) is -2.22. The molecule has 26 heteroatoms. The maximum Gasteiger partial charge on any atom is 0.219 e. The fourth-order valence-electron chi connectivity index (χ4n) is 13.2. The fourth-order valence-corrected chi connectivity index (χ4v) is 14.7. The van der Waals surface area contributed by atoms with E-state index in [1.165, 1.54) is 21.9 Å². The number of pyridine rings is 3. The van der Waals surface area contributed by atoms with Crippen molar-refractivity contribution in [3.63, 3.8) is 0 Å². The average Bonchev–Trinajstić information content (AvgIpc) is 0.836. The van der Waals surface area contributed by atoms with Crippen LogP contribution in [0.2, 0.25) is 51.4 Å². The topological polar surface area (TPSA) is 246 Å². The minimum atomic E-state index is -1.12. The molecule has 12 aromatic rings. The number of nitrogens with one attached hydrogen (secondary N) is 2. The van der Waals surface area contributed by atoms with Crippen LogP contribution in [-0.4, -0.2) is 201 Å². The Morgan fingerprint density at radius 2 is 0.816 bits per heavy atom. The first-order chi connectivity index (χ1) is 54.6. The second-order valence-electron chi connectivity index (χ2n) is 31.0. The van der Waals surface area contributed by atoms with Crippen LogP contribution in [0, 0.1) is 0 Å². The minimum absolute atomic E-state index is 0. The van der Waals surface area contributed by atoms with Crippen molar-refractivity contribution in [1.29, 1.82) is 0 Å². The van der Waals surface area contributed by atoms with Gasteiger partial charge in [0.15, 0.2) is 0 Å². The SMILES string of the molecule is C.CC(=O)N1CCN(Cc2ccc3cc(Oc4ccc(-c5ccn[nH]5)cn4)ccc3c2)CC1.CC(=O)N1CCN(Cc2ccc3cc(Oc4ccc(-c5ccnn5COCC[Si](C)(C)C)cn4)ccc3c2)CC1.CC(=O)N1CCNCC1.C[Si](C)(C)CCOCn1nccc1-c1ccc(Oc2ccc3cc(C=O)ccc3c2)nc1. The van der Waals surface area contributed by atoms with Crippen molar-refractivity contribution in [2.45, 2.75) is 106 Å². The van der Waals surface area contributed by atoms with Gasteiger partial charge in [0.2, 0.25) is 35.4 Å². The molecule has 0 aliphatic carbocycles. The number of hydrogen-bond donors (Lipinski definition) is 2. The summed E-state index contributed by atoms with van der Waals surface area (Å²) in [6.07, 6.45) is 11.5. The van der Waals surface area contributed by atoms with Crippen molar-refractivity contribution < 1.29 is 42.9 Å². The molecule has 0 unspecified atom stereocenters. The van der Waals surface area contributed by atoms with Crippen LogP contribution in [0.25, 0.3) is 66.1 Å². The van der Waals surface area contributed by atoms with Gasteiger partial charge in [0.25, 0.3) is 0 Å². The summed E-state index contributed by atoms with van der Waals surface area (Å²) in [6.45, 7) is 33.6. The van der Waals surface area contributed by atoms with E-state index in [1.807, 2.05) is 139 Å². The summed E-state index contributed by atoms with van der Waals surface area (Å²) in [5, 5.41) is 25.5. The highest BCUT2D eigenvalue weighted by molar-refractivity contribution is 6.76. The van der Waals surface area contributed by atoms with Gasteiger partial charge in [-0.25, -0.2) is 24.3 Å². The van der Waals surface area contributed by atoms with Crippen molar-refractivity contribution in [3.8, 4) is 68.7 Å². The Balaban J connectivity index is 0.000000160. The van der Waals surface area contributed by atoms with Crippen LogP contribution in [0.5, 0.6) is 34.9 Å². The first-order valence-electron chi connectivity index (χ1n) is 38.7.